The molecular weight excluding hydrogens is 160 g/mol. The van der Waals surface area contributed by atoms with Crippen LogP contribution in [0.15, 0.2) is 47.6 Å². The Bertz CT molecular complexity index is 275. The molecule has 1 heteroatoms. The van der Waals surface area contributed by atoms with Crippen LogP contribution in [0.2, 0.25) is 0 Å². The number of rotatable bonds is 3. The van der Waals surface area contributed by atoms with Crippen LogP contribution in [0.3, 0.4) is 0 Å². The van der Waals surface area contributed by atoms with E-state index in [4.69, 9.17) is 0 Å². The van der Waals surface area contributed by atoms with Gasteiger partial charge >= 0.3 is 0 Å². The molecule has 68 valence electrons. The molecule has 2 aliphatic carbocycles. The van der Waals surface area contributed by atoms with Gasteiger partial charge in [0.05, 0.1) is 6.61 Å². The third-order valence-corrected chi connectivity index (χ3v) is 2.68. The molecule has 2 rings (SSSR count). The van der Waals surface area contributed by atoms with Gasteiger partial charge in [-0.3, -0.25) is 0 Å². The predicted molar refractivity (Wildman–Crippen MR) is 54.3 cm³/mol. The lowest BCUT2D eigenvalue weighted by Crippen LogP contribution is -2.10. The second-order valence-corrected chi connectivity index (χ2v) is 3.48. The van der Waals surface area contributed by atoms with E-state index < -0.39 is 0 Å². The molecule has 2 aliphatic rings. The quantitative estimate of drug-likeness (QED) is 0.696. The first-order valence-corrected chi connectivity index (χ1v) is 4.74. The zero-order chi connectivity index (χ0) is 9.10. The van der Waals surface area contributed by atoms with Crippen molar-refractivity contribution in [1.82, 2.24) is 0 Å². The van der Waals surface area contributed by atoms with Crippen LogP contribution in [0.25, 0.3) is 0 Å². The van der Waals surface area contributed by atoms with Gasteiger partial charge in [0.1, 0.15) is 0 Å². The van der Waals surface area contributed by atoms with Crippen LogP contribution < -0.4 is 0 Å². The van der Waals surface area contributed by atoms with Gasteiger partial charge < -0.3 is 5.11 Å². The van der Waals surface area contributed by atoms with Gasteiger partial charge in [0.25, 0.3) is 0 Å². The van der Waals surface area contributed by atoms with Gasteiger partial charge in [0, 0.05) is 5.92 Å². The molecule has 0 bridgehead atoms. The van der Waals surface area contributed by atoms with E-state index in [9.17, 15) is 5.11 Å². The van der Waals surface area contributed by atoms with Crippen molar-refractivity contribution in [2.75, 3.05) is 6.61 Å². The number of aliphatic hydroxyl groups excluding tert-OH is 1. The highest BCUT2D eigenvalue weighted by Crippen LogP contribution is 2.30. The standard InChI is InChI=1S/C12H14O/c13-9-12(10-5-1-2-6-10)11-7-3-4-8-11/h1-5,7,12-13H,6,8-9H2. The van der Waals surface area contributed by atoms with Gasteiger partial charge in [-0.2, -0.15) is 0 Å². The first kappa shape index (κ1) is 8.52. The maximum Gasteiger partial charge on any atom is 0.0534 e. The van der Waals surface area contributed by atoms with Gasteiger partial charge in [-0.05, 0) is 12.8 Å². The first-order valence-electron chi connectivity index (χ1n) is 4.74. The summed E-state index contributed by atoms with van der Waals surface area (Å²) in [6, 6.07) is 0. The summed E-state index contributed by atoms with van der Waals surface area (Å²) >= 11 is 0. The molecule has 0 aromatic carbocycles. The van der Waals surface area contributed by atoms with Gasteiger partial charge in [-0.1, -0.05) is 47.6 Å². The molecule has 1 nitrogen and oxygen atoms in total. The van der Waals surface area contributed by atoms with Crippen molar-refractivity contribution in [3.8, 4) is 0 Å². The average Bonchev–Trinajstić information content (AvgIpc) is 2.76. The molecule has 0 heterocycles. The fourth-order valence-corrected chi connectivity index (χ4v) is 1.92. The molecule has 0 radical (unpaired) electrons. The number of hydrogen-bond donors (Lipinski definition) is 1. The van der Waals surface area contributed by atoms with Crippen LogP contribution in [0.5, 0.6) is 0 Å². The highest BCUT2D eigenvalue weighted by atomic mass is 16.3. The minimum Gasteiger partial charge on any atom is -0.395 e. The maximum atomic E-state index is 9.31. The number of aliphatic hydroxyl groups is 1. The Morgan fingerprint density at radius 1 is 1.08 bits per heavy atom. The van der Waals surface area contributed by atoms with Crippen molar-refractivity contribution in [2.45, 2.75) is 12.8 Å². The van der Waals surface area contributed by atoms with Gasteiger partial charge in [-0.15, -0.1) is 0 Å². The Kier molecular flexibility index (Phi) is 2.46. The Morgan fingerprint density at radius 3 is 1.92 bits per heavy atom. The molecule has 0 unspecified atom stereocenters. The molecule has 13 heavy (non-hydrogen) atoms. The van der Waals surface area contributed by atoms with Crippen LogP contribution in [0.1, 0.15) is 12.8 Å². The third-order valence-electron chi connectivity index (χ3n) is 2.68. The highest BCUT2D eigenvalue weighted by Gasteiger charge is 2.18. The van der Waals surface area contributed by atoms with E-state index in [0.29, 0.717) is 0 Å². The van der Waals surface area contributed by atoms with E-state index in [0.717, 1.165) is 12.8 Å². The van der Waals surface area contributed by atoms with Crippen molar-refractivity contribution >= 4 is 0 Å². The van der Waals surface area contributed by atoms with Crippen molar-refractivity contribution in [3.63, 3.8) is 0 Å². The van der Waals surface area contributed by atoms with E-state index in [1.54, 1.807) is 0 Å². The fraction of sp³-hybridized carbons (Fsp3) is 0.333. The Labute approximate surface area is 78.8 Å². The summed E-state index contributed by atoms with van der Waals surface area (Å²) in [6.45, 7) is 0.237. The molecule has 1 N–H and O–H groups in total. The molecule has 0 spiro atoms. The SMILES string of the molecule is OCC(C1=CC=CC1)C1=CC=CC1. The van der Waals surface area contributed by atoms with Crippen molar-refractivity contribution < 1.29 is 5.11 Å². The Hall–Kier alpha value is -1.08. The fourth-order valence-electron chi connectivity index (χ4n) is 1.92. The zero-order valence-corrected chi connectivity index (χ0v) is 7.61. The topological polar surface area (TPSA) is 20.2 Å². The minimum atomic E-state index is 0.237. The summed E-state index contributed by atoms with van der Waals surface area (Å²) in [5.41, 5.74) is 2.69. The molecular formula is C12H14O. The monoisotopic (exact) mass is 174 g/mol. The van der Waals surface area contributed by atoms with Crippen LogP contribution >= 0.6 is 0 Å². The van der Waals surface area contributed by atoms with Gasteiger partial charge in [-0.25, -0.2) is 0 Å². The van der Waals surface area contributed by atoms with Gasteiger partial charge in [0.15, 0.2) is 0 Å². The summed E-state index contributed by atoms with van der Waals surface area (Å²) < 4.78 is 0. The first-order chi connectivity index (χ1) is 6.42. The smallest absolute Gasteiger partial charge is 0.0534 e. The summed E-state index contributed by atoms with van der Waals surface area (Å²) in [5, 5.41) is 9.31. The molecule has 0 saturated carbocycles. The second-order valence-electron chi connectivity index (χ2n) is 3.48. The van der Waals surface area contributed by atoms with Crippen LogP contribution in [-0.4, -0.2) is 11.7 Å². The Balaban J connectivity index is 2.09. The van der Waals surface area contributed by atoms with E-state index in [1.807, 2.05) is 0 Å². The van der Waals surface area contributed by atoms with Crippen LogP contribution in [0.4, 0.5) is 0 Å². The summed E-state index contributed by atoms with van der Waals surface area (Å²) in [6.07, 6.45) is 14.7. The molecule has 0 atom stereocenters. The van der Waals surface area contributed by atoms with Crippen molar-refractivity contribution in [3.05, 3.63) is 47.6 Å². The summed E-state index contributed by atoms with van der Waals surface area (Å²) in [5.74, 6) is 0.255. The molecule has 0 aromatic rings. The zero-order valence-electron chi connectivity index (χ0n) is 7.61. The van der Waals surface area contributed by atoms with Crippen molar-refractivity contribution in [2.24, 2.45) is 5.92 Å². The second kappa shape index (κ2) is 3.75. The van der Waals surface area contributed by atoms with Crippen LogP contribution in [-0.2, 0) is 0 Å². The molecule has 0 saturated heterocycles. The summed E-state index contributed by atoms with van der Waals surface area (Å²) in [7, 11) is 0. The van der Waals surface area contributed by atoms with E-state index in [1.165, 1.54) is 11.1 Å². The lowest BCUT2D eigenvalue weighted by molar-refractivity contribution is 0.261. The molecule has 0 fully saturated rings. The average molecular weight is 174 g/mol. The third kappa shape index (κ3) is 1.65. The van der Waals surface area contributed by atoms with E-state index in [-0.39, 0.29) is 12.5 Å². The molecule has 0 amide bonds. The van der Waals surface area contributed by atoms with E-state index in [2.05, 4.69) is 36.5 Å². The minimum absolute atomic E-state index is 0.237. The molecule has 0 aliphatic heterocycles. The number of allylic oxidation sites excluding steroid dienone is 6. The normalized spacial score (nSPS) is 19.8. The predicted octanol–water partition coefficient (Wildman–Crippen LogP) is 2.37. The largest absolute Gasteiger partial charge is 0.395 e. The Morgan fingerprint density at radius 2 is 1.62 bits per heavy atom. The number of hydrogen-bond acceptors (Lipinski definition) is 1. The lowest BCUT2D eigenvalue weighted by atomic mass is 9.90. The van der Waals surface area contributed by atoms with Crippen molar-refractivity contribution in [1.29, 1.82) is 0 Å². The van der Waals surface area contributed by atoms with E-state index >= 15 is 0 Å². The molecule has 0 aromatic heterocycles. The maximum absolute atomic E-state index is 9.31. The lowest BCUT2D eigenvalue weighted by Gasteiger charge is -2.16. The van der Waals surface area contributed by atoms with Crippen LogP contribution in [0, 0.1) is 5.92 Å². The highest BCUT2D eigenvalue weighted by molar-refractivity contribution is 5.35. The summed E-state index contributed by atoms with van der Waals surface area (Å²) in [4.78, 5) is 0. The van der Waals surface area contributed by atoms with Gasteiger partial charge in [0.2, 0.25) is 0 Å².